The maximum absolute atomic E-state index is 11.4. The lowest BCUT2D eigenvalue weighted by molar-refractivity contribution is 0.102. The summed E-state index contributed by atoms with van der Waals surface area (Å²) < 4.78 is 5.34. The lowest BCUT2D eigenvalue weighted by atomic mass is 9.99. The molecular formula is C11H11BrO2. The van der Waals surface area contributed by atoms with E-state index in [9.17, 15) is 4.79 Å². The van der Waals surface area contributed by atoms with Crippen molar-refractivity contribution < 1.29 is 9.53 Å². The van der Waals surface area contributed by atoms with E-state index in [-0.39, 0.29) is 5.78 Å². The van der Waals surface area contributed by atoms with Crippen molar-refractivity contribution in [1.29, 1.82) is 0 Å². The molecule has 0 aliphatic carbocycles. The molecule has 1 aromatic carbocycles. The predicted octanol–water partition coefficient (Wildman–Crippen LogP) is 2.34. The molecule has 1 heterocycles. The highest BCUT2D eigenvalue weighted by Crippen LogP contribution is 2.18. The fourth-order valence-corrected chi connectivity index (χ4v) is 1.94. The molecule has 0 atom stereocenters. The van der Waals surface area contributed by atoms with Crippen LogP contribution in [0.4, 0.5) is 0 Å². The zero-order chi connectivity index (χ0) is 9.97. The van der Waals surface area contributed by atoms with E-state index in [4.69, 9.17) is 4.74 Å². The monoisotopic (exact) mass is 254 g/mol. The quantitative estimate of drug-likeness (QED) is 0.599. The van der Waals surface area contributed by atoms with E-state index in [0.29, 0.717) is 11.9 Å². The van der Waals surface area contributed by atoms with E-state index >= 15 is 0 Å². The molecule has 0 fully saturated rings. The summed E-state index contributed by atoms with van der Waals surface area (Å²) in [5, 5.41) is 0.382. The third-order valence-corrected chi connectivity index (χ3v) is 2.93. The molecule has 0 spiro atoms. The highest BCUT2D eigenvalue weighted by atomic mass is 79.9. The van der Waals surface area contributed by atoms with Crippen molar-refractivity contribution in [3.8, 4) is 0 Å². The van der Waals surface area contributed by atoms with Gasteiger partial charge in [0.05, 0.1) is 18.5 Å². The third-order valence-electron chi connectivity index (χ3n) is 2.42. The Bertz CT molecular complexity index is 360. The Kier molecular flexibility index (Phi) is 2.99. The van der Waals surface area contributed by atoms with E-state index < -0.39 is 0 Å². The molecule has 2 nitrogen and oxygen atoms in total. The molecule has 1 aliphatic rings. The number of benzene rings is 1. The van der Waals surface area contributed by atoms with Crippen molar-refractivity contribution in [3.05, 3.63) is 34.9 Å². The number of hydrogen-bond donors (Lipinski definition) is 0. The summed E-state index contributed by atoms with van der Waals surface area (Å²) in [6, 6.07) is 5.87. The number of alkyl halides is 1. The Morgan fingerprint density at radius 3 is 3.07 bits per heavy atom. The second-order valence-corrected chi connectivity index (χ2v) is 3.90. The van der Waals surface area contributed by atoms with Crippen LogP contribution in [-0.4, -0.2) is 17.7 Å². The average Bonchev–Trinajstić information content (AvgIpc) is 2.27. The Balaban J connectivity index is 2.33. The number of ketones is 1. The summed E-state index contributed by atoms with van der Waals surface area (Å²) in [6.07, 6.45) is 0.956. The number of rotatable bonds is 2. The summed E-state index contributed by atoms with van der Waals surface area (Å²) in [5.41, 5.74) is 3.23. The van der Waals surface area contributed by atoms with Crippen molar-refractivity contribution in [2.45, 2.75) is 13.0 Å². The van der Waals surface area contributed by atoms with E-state index in [1.807, 2.05) is 18.2 Å². The van der Waals surface area contributed by atoms with Gasteiger partial charge in [-0.2, -0.15) is 0 Å². The molecule has 14 heavy (non-hydrogen) atoms. The number of carbonyl (C=O) groups is 1. The van der Waals surface area contributed by atoms with Crippen LogP contribution < -0.4 is 0 Å². The lowest BCUT2D eigenvalue weighted by Gasteiger charge is -2.16. The largest absolute Gasteiger partial charge is 0.376 e. The number of carbonyl (C=O) groups excluding carboxylic acids is 1. The maximum atomic E-state index is 11.4. The molecule has 2 rings (SSSR count). The first-order valence-electron chi connectivity index (χ1n) is 4.60. The molecule has 0 amide bonds. The van der Waals surface area contributed by atoms with Crippen LogP contribution in [0, 0.1) is 0 Å². The van der Waals surface area contributed by atoms with E-state index in [0.717, 1.165) is 24.2 Å². The van der Waals surface area contributed by atoms with Crippen molar-refractivity contribution in [2.24, 2.45) is 0 Å². The van der Waals surface area contributed by atoms with Crippen LogP contribution in [0.3, 0.4) is 0 Å². The van der Waals surface area contributed by atoms with Crippen LogP contribution in [0.15, 0.2) is 18.2 Å². The van der Waals surface area contributed by atoms with Crippen molar-refractivity contribution >= 4 is 21.7 Å². The van der Waals surface area contributed by atoms with Crippen LogP contribution >= 0.6 is 15.9 Å². The second kappa shape index (κ2) is 4.24. The molecule has 0 saturated carbocycles. The predicted molar refractivity (Wildman–Crippen MR) is 57.9 cm³/mol. The first-order chi connectivity index (χ1) is 6.81. The van der Waals surface area contributed by atoms with E-state index in [2.05, 4.69) is 15.9 Å². The summed E-state index contributed by atoms with van der Waals surface area (Å²) in [5.74, 6) is 0.123. The fraction of sp³-hybridized carbons (Fsp3) is 0.364. The Morgan fingerprint density at radius 2 is 2.29 bits per heavy atom. The minimum Gasteiger partial charge on any atom is -0.376 e. The van der Waals surface area contributed by atoms with Gasteiger partial charge in [-0.25, -0.2) is 0 Å². The molecule has 0 unspecified atom stereocenters. The van der Waals surface area contributed by atoms with Gasteiger partial charge in [-0.15, -0.1) is 0 Å². The topological polar surface area (TPSA) is 26.3 Å². The van der Waals surface area contributed by atoms with Gasteiger partial charge in [0.25, 0.3) is 0 Å². The van der Waals surface area contributed by atoms with Crippen LogP contribution in [0.2, 0.25) is 0 Å². The molecule has 0 N–H and O–H groups in total. The van der Waals surface area contributed by atoms with Gasteiger partial charge >= 0.3 is 0 Å². The second-order valence-electron chi connectivity index (χ2n) is 3.34. The van der Waals surface area contributed by atoms with Crippen LogP contribution in [-0.2, 0) is 17.8 Å². The normalized spacial score (nSPS) is 14.9. The van der Waals surface area contributed by atoms with Gasteiger partial charge < -0.3 is 4.74 Å². The molecule has 1 aliphatic heterocycles. The molecule has 74 valence electrons. The number of Topliss-reactive ketones (excluding diaryl/α,β-unsaturated/α-hetero) is 1. The Labute approximate surface area is 91.4 Å². The molecule has 0 saturated heterocycles. The van der Waals surface area contributed by atoms with Crippen molar-refractivity contribution in [1.82, 2.24) is 0 Å². The molecular weight excluding hydrogens is 244 g/mol. The molecule has 3 heteroatoms. The molecule has 0 aromatic heterocycles. The lowest BCUT2D eigenvalue weighted by Crippen LogP contribution is -2.11. The van der Waals surface area contributed by atoms with Gasteiger partial charge in [0.1, 0.15) is 0 Å². The molecule has 1 aromatic rings. The third kappa shape index (κ3) is 1.88. The average molecular weight is 255 g/mol. The fourth-order valence-electron chi connectivity index (χ4n) is 1.62. The zero-order valence-electron chi connectivity index (χ0n) is 7.75. The van der Waals surface area contributed by atoms with E-state index in [1.54, 1.807) is 0 Å². The van der Waals surface area contributed by atoms with Gasteiger partial charge in [-0.3, -0.25) is 4.79 Å². The number of halogens is 1. The summed E-state index contributed by atoms with van der Waals surface area (Å²) in [7, 11) is 0. The summed E-state index contributed by atoms with van der Waals surface area (Å²) in [4.78, 5) is 11.4. The summed E-state index contributed by atoms with van der Waals surface area (Å²) >= 11 is 3.17. The van der Waals surface area contributed by atoms with Crippen molar-refractivity contribution in [2.75, 3.05) is 11.9 Å². The van der Waals surface area contributed by atoms with Crippen molar-refractivity contribution in [3.63, 3.8) is 0 Å². The number of ether oxygens (including phenoxy) is 1. The first-order valence-corrected chi connectivity index (χ1v) is 5.72. The van der Waals surface area contributed by atoms with Gasteiger partial charge in [-0.1, -0.05) is 28.1 Å². The molecule has 0 radical (unpaired) electrons. The first kappa shape index (κ1) is 9.87. The minimum absolute atomic E-state index is 0.123. The van der Waals surface area contributed by atoms with Crippen LogP contribution in [0.1, 0.15) is 21.5 Å². The smallest absolute Gasteiger partial charge is 0.173 e. The standard InChI is InChI=1S/C11H11BrO2/c12-6-11(13)9-2-1-8-3-4-14-7-10(8)5-9/h1-2,5H,3-4,6-7H2. The van der Waals surface area contributed by atoms with E-state index in [1.165, 1.54) is 5.56 Å². The van der Waals surface area contributed by atoms with Gasteiger partial charge in [-0.05, 0) is 23.6 Å². The Morgan fingerprint density at radius 1 is 1.43 bits per heavy atom. The van der Waals surface area contributed by atoms with Crippen LogP contribution in [0.25, 0.3) is 0 Å². The highest BCUT2D eigenvalue weighted by Gasteiger charge is 2.12. The number of fused-ring (bicyclic) bond motifs is 1. The minimum atomic E-state index is 0.123. The Hall–Kier alpha value is -0.670. The molecule has 0 bridgehead atoms. The van der Waals surface area contributed by atoms with Crippen LogP contribution in [0.5, 0.6) is 0 Å². The SMILES string of the molecule is O=C(CBr)c1ccc2c(c1)COCC2. The summed E-state index contributed by atoms with van der Waals surface area (Å²) in [6.45, 7) is 1.43. The number of hydrogen-bond acceptors (Lipinski definition) is 2. The van der Waals surface area contributed by atoms with Gasteiger partial charge in [0.15, 0.2) is 5.78 Å². The van der Waals surface area contributed by atoms with Gasteiger partial charge in [0, 0.05) is 5.56 Å². The van der Waals surface area contributed by atoms with Gasteiger partial charge in [0.2, 0.25) is 0 Å². The highest BCUT2D eigenvalue weighted by molar-refractivity contribution is 9.09. The maximum Gasteiger partial charge on any atom is 0.173 e. The zero-order valence-corrected chi connectivity index (χ0v) is 9.34.